The van der Waals surface area contributed by atoms with Gasteiger partial charge in [0.15, 0.2) is 6.29 Å². The molecule has 212 valence electrons. The molecule has 2 rings (SSSR count). The van der Waals surface area contributed by atoms with Crippen LogP contribution in [0.5, 0.6) is 0 Å². The molecule has 38 heavy (non-hydrogen) atoms. The quantitative estimate of drug-likeness (QED) is 0.121. The third-order valence-corrected chi connectivity index (χ3v) is 6.10. The van der Waals surface area contributed by atoms with Crippen LogP contribution in [0, 0.1) is 0 Å². The van der Waals surface area contributed by atoms with E-state index in [1.165, 1.54) is 14.0 Å². The molecule has 0 bridgehead atoms. The Hall–Kier alpha value is -3.14. The molecule has 0 radical (unpaired) electrons. The molecule has 1 saturated heterocycles. The molecular formula is C24H36N4O10. The van der Waals surface area contributed by atoms with E-state index in [0.717, 1.165) is 0 Å². The number of aliphatic hydroxyl groups excluding tert-OH is 4. The van der Waals surface area contributed by atoms with E-state index in [1.807, 2.05) is 0 Å². The summed E-state index contributed by atoms with van der Waals surface area (Å²) in [6.07, 6.45) is -6.23. The van der Waals surface area contributed by atoms with Crippen molar-refractivity contribution < 1.29 is 49.1 Å². The van der Waals surface area contributed by atoms with Gasteiger partial charge in [0, 0.05) is 12.8 Å². The maximum absolute atomic E-state index is 13.1. The Labute approximate surface area is 219 Å². The van der Waals surface area contributed by atoms with Gasteiger partial charge in [-0.05, 0) is 18.9 Å². The number of benzene rings is 1. The largest absolute Gasteiger partial charge is 0.469 e. The number of methoxy groups -OCH3 is 1. The lowest BCUT2D eigenvalue weighted by Crippen LogP contribution is -2.65. The van der Waals surface area contributed by atoms with Crippen LogP contribution in [0.4, 0.5) is 0 Å². The van der Waals surface area contributed by atoms with Gasteiger partial charge in [-0.3, -0.25) is 19.2 Å². The van der Waals surface area contributed by atoms with Gasteiger partial charge in [-0.25, -0.2) is 0 Å². The number of hydrogen-bond donors (Lipinski definition) is 8. The second-order valence-electron chi connectivity index (χ2n) is 8.97. The number of rotatable bonds is 12. The molecule has 1 fully saturated rings. The Kier molecular flexibility index (Phi) is 12.0. The second-order valence-corrected chi connectivity index (χ2v) is 8.97. The third-order valence-electron chi connectivity index (χ3n) is 6.10. The Morgan fingerprint density at radius 2 is 1.68 bits per heavy atom. The Morgan fingerprint density at radius 3 is 2.29 bits per heavy atom. The molecule has 14 heteroatoms. The molecule has 1 aromatic carbocycles. The molecule has 0 saturated carbocycles. The van der Waals surface area contributed by atoms with Crippen molar-refractivity contribution in [2.45, 2.75) is 75.0 Å². The van der Waals surface area contributed by atoms with Crippen LogP contribution in [-0.4, -0.2) is 107 Å². The SMILES string of the molecule is COC(=O)CC[C@@H](N)C(=O)N[C@H](Cc1ccccc1)C(=O)N[C@H](C)C(=O)N[C@H]1[C@H](O)[C@H](O)[C@H](CO)O[C@@H]1O. The molecule has 0 aromatic heterocycles. The number of carbonyl (C=O) groups excluding carboxylic acids is 4. The van der Waals surface area contributed by atoms with Crippen LogP contribution in [0.2, 0.25) is 0 Å². The topological polar surface area (TPSA) is 230 Å². The van der Waals surface area contributed by atoms with Crippen molar-refractivity contribution in [3.05, 3.63) is 35.9 Å². The van der Waals surface area contributed by atoms with Crippen LogP contribution in [0.15, 0.2) is 30.3 Å². The summed E-state index contributed by atoms with van der Waals surface area (Å²) in [7, 11) is 1.21. The zero-order chi connectivity index (χ0) is 28.4. The number of ether oxygens (including phenoxy) is 2. The molecule has 1 aliphatic heterocycles. The molecule has 1 aromatic rings. The van der Waals surface area contributed by atoms with Gasteiger partial charge in [0.05, 0.1) is 19.8 Å². The molecule has 1 heterocycles. The lowest BCUT2D eigenvalue weighted by molar-refractivity contribution is -0.253. The predicted molar refractivity (Wildman–Crippen MR) is 131 cm³/mol. The monoisotopic (exact) mass is 540 g/mol. The molecule has 0 spiro atoms. The fraction of sp³-hybridized carbons (Fsp3) is 0.583. The minimum Gasteiger partial charge on any atom is -0.469 e. The normalized spacial score (nSPS) is 25.4. The van der Waals surface area contributed by atoms with Crippen molar-refractivity contribution in [2.75, 3.05) is 13.7 Å². The van der Waals surface area contributed by atoms with Crippen molar-refractivity contribution in [2.24, 2.45) is 5.73 Å². The fourth-order valence-electron chi connectivity index (χ4n) is 3.77. The van der Waals surface area contributed by atoms with Gasteiger partial charge in [-0.15, -0.1) is 0 Å². The minimum absolute atomic E-state index is 0.00586. The van der Waals surface area contributed by atoms with Crippen molar-refractivity contribution in [3.8, 4) is 0 Å². The summed E-state index contributed by atoms with van der Waals surface area (Å²) < 4.78 is 9.55. The highest BCUT2D eigenvalue weighted by atomic mass is 16.6. The van der Waals surface area contributed by atoms with Crippen molar-refractivity contribution in [1.82, 2.24) is 16.0 Å². The minimum atomic E-state index is -1.73. The van der Waals surface area contributed by atoms with Crippen LogP contribution in [0.3, 0.4) is 0 Å². The van der Waals surface area contributed by atoms with Crippen molar-refractivity contribution in [1.29, 1.82) is 0 Å². The lowest BCUT2D eigenvalue weighted by atomic mass is 9.97. The van der Waals surface area contributed by atoms with Gasteiger partial charge in [0.25, 0.3) is 0 Å². The molecule has 14 nitrogen and oxygen atoms in total. The van der Waals surface area contributed by atoms with Crippen molar-refractivity contribution >= 4 is 23.7 Å². The average molecular weight is 541 g/mol. The second kappa shape index (κ2) is 14.7. The van der Waals surface area contributed by atoms with Gasteiger partial charge < -0.3 is 51.6 Å². The first kappa shape index (κ1) is 31.1. The maximum atomic E-state index is 13.1. The number of hydrogen-bond acceptors (Lipinski definition) is 11. The highest BCUT2D eigenvalue weighted by molar-refractivity contribution is 5.93. The zero-order valence-electron chi connectivity index (χ0n) is 21.1. The fourth-order valence-corrected chi connectivity index (χ4v) is 3.77. The van der Waals surface area contributed by atoms with Crippen molar-refractivity contribution in [3.63, 3.8) is 0 Å². The number of esters is 1. The third kappa shape index (κ3) is 8.72. The van der Waals surface area contributed by atoms with Gasteiger partial charge in [0.2, 0.25) is 17.7 Å². The standard InChI is InChI=1S/C24H36N4O10/c1-12(21(33)28-18-20(32)19(31)16(11-29)38-24(18)36)26-23(35)15(10-13-6-4-3-5-7-13)27-22(34)14(25)8-9-17(30)37-2/h3-7,12,14-16,18-20,24,29,31-32,36H,8-11,25H2,1-2H3,(H,26,35)(H,27,34)(H,28,33)/t12-,14-,15-,16+,18+,19-,20+,24+/m1/s1. The number of aliphatic hydroxyl groups is 4. The first-order valence-corrected chi connectivity index (χ1v) is 12.1. The van der Waals surface area contributed by atoms with Gasteiger partial charge >= 0.3 is 5.97 Å². The van der Waals surface area contributed by atoms with Crippen LogP contribution < -0.4 is 21.7 Å². The molecule has 9 N–H and O–H groups in total. The Balaban J connectivity index is 2.05. The molecular weight excluding hydrogens is 504 g/mol. The van der Waals surface area contributed by atoms with E-state index in [4.69, 9.17) is 10.5 Å². The van der Waals surface area contributed by atoms with E-state index in [0.29, 0.717) is 5.56 Å². The lowest BCUT2D eigenvalue weighted by Gasteiger charge is -2.40. The summed E-state index contributed by atoms with van der Waals surface area (Å²) in [5.41, 5.74) is 6.58. The van der Waals surface area contributed by atoms with Crippen LogP contribution in [-0.2, 0) is 35.1 Å². The van der Waals surface area contributed by atoms with E-state index in [2.05, 4.69) is 20.7 Å². The highest BCUT2D eigenvalue weighted by Crippen LogP contribution is 2.19. The predicted octanol–water partition coefficient (Wildman–Crippen LogP) is -3.58. The number of nitrogens with one attached hydrogen (secondary N) is 3. The molecule has 8 atom stereocenters. The van der Waals surface area contributed by atoms with Gasteiger partial charge in [-0.1, -0.05) is 30.3 Å². The summed E-state index contributed by atoms with van der Waals surface area (Å²) in [6, 6.07) is 3.92. The van der Waals surface area contributed by atoms with Gasteiger partial charge in [-0.2, -0.15) is 0 Å². The van der Waals surface area contributed by atoms with E-state index in [-0.39, 0.29) is 19.3 Å². The van der Waals surface area contributed by atoms with Crippen LogP contribution >= 0.6 is 0 Å². The van der Waals surface area contributed by atoms with Crippen LogP contribution in [0.1, 0.15) is 25.3 Å². The molecule has 0 aliphatic carbocycles. The first-order chi connectivity index (χ1) is 18.0. The number of nitrogens with two attached hydrogens (primary N) is 1. The molecule has 1 aliphatic rings. The smallest absolute Gasteiger partial charge is 0.305 e. The number of carbonyl (C=O) groups is 4. The average Bonchev–Trinajstić information content (AvgIpc) is 2.91. The van der Waals surface area contributed by atoms with Gasteiger partial charge in [0.1, 0.15) is 36.4 Å². The Morgan fingerprint density at radius 1 is 1.03 bits per heavy atom. The summed E-state index contributed by atoms with van der Waals surface area (Å²) in [5, 5.41) is 46.8. The molecule has 3 amide bonds. The summed E-state index contributed by atoms with van der Waals surface area (Å²) in [5.74, 6) is -2.75. The first-order valence-electron chi connectivity index (χ1n) is 12.1. The summed E-state index contributed by atoms with van der Waals surface area (Å²) in [6.45, 7) is 0.676. The zero-order valence-corrected chi connectivity index (χ0v) is 21.1. The highest BCUT2D eigenvalue weighted by Gasteiger charge is 2.44. The maximum Gasteiger partial charge on any atom is 0.305 e. The van der Waals surface area contributed by atoms with E-state index in [1.54, 1.807) is 30.3 Å². The Bertz CT molecular complexity index is 949. The summed E-state index contributed by atoms with van der Waals surface area (Å²) >= 11 is 0. The van der Waals surface area contributed by atoms with E-state index < -0.39 is 79.1 Å². The molecule has 0 unspecified atom stereocenters. The number of amides is 3. The van der Waals surface area contributed by atoms with E-state index in [9.17, 15) is 39.6 Å². The van der Waals surface area contributed by atoms with Crippen LogP contribution in [0.25, 0.3) is 0 Å². The van der Waals surface area contributed by atoms with E-state index >= 15 is 0 Å². The summed E-state index contributed by atoms with van der Waals surface area (Å²) in [4.78, 5) is 49.8.